The summed E-state index contributed by atoms with van der Waals surface area (Å²) in [5.41, 5.74) is 13.0. The first-order valence-electron chi connectivity index (χ1n) is 5.54. The average Bonchev–Trinajstić information content (AvgIpc) is 2.85. The molecule has 2 aromatic heterocycles. The topological polar surface area (TPSA) is 112 Å². The SMILES string of the molecule is NC(=O)c1nnc2cc(-c3ccccc3)nn2c1N. The van der Waals surface area contributed by atoms with E-state index in [1.54, 1.807) is 6.07 Å². The van der Waals surface area contributed by atoms with Crippen molar-refractivity contribution in [2.75, 3.05) is 5.73 Å². The zero-order valence-corrected chi connectivity index (χ0v) is 9.82. The Hall–Kier alpha value is -2.96. The van der Waals surface area contributed by atoms with Crippen molar-refractivity contribution < 1.29 is 4.79 Å². The first-order valence-corrected chi connectivity index (χ1v) is 5.54. The van der Waals surface area contributed by atoms with E-state index in [0.29, 0.717) is 11.3 Å². The first kappa shape index (κ1) is 11.1. The minimum Gasteiger partial charge on any atom is -0.382 e. The highest BCUT2D eigenvalue weighted by Gasteiger charge is 2.15. The summed E-state index contributed by atoms with van der Waals surface area (Å²) >= 11 is 0. The molecule has 0 aliphatic rings. The van der Waals surface area contributed by atoms with Gasteiger partial charge in [-0.3, -0.25) is 4.79 Å². The van der Waals surface area contributed by atoms with E-state index >= 15 is 0 Å². The van der Waals surface area contributed by atoms with Gasteiger partial charge >= 0.3 is 0 Å². The molecule has 19 heavy (non-hydrogen) atoms. The number of fused-ring (bicyclic) bond motifs is 1. The number of hydrogen-bond donors (Lipinski definition) is 2. The number of amides is 1. The number of aromatic nitrogens is 4. The van der Waals surface area contributed by atoms with Gasteiger partial charge in [-0.05, 0) is 0 Å². The molecule has 94 valence electrons. The molecule has 7 nitrogen and oxygen atoms in total. The Balaban J connectivity index is 2.22. The number of benzene rings is 1. The van der Waals surface area contributed by atoms with Crippen LogP contribution in [0.15, 0.2) is 36.4 Å². The third-order valence-corrected chi connectivity index (χ3v) is 2.72. The summed E-state index contributed by atoms with van der Waals surface area (Å²) < 4.78 is 1.36. The lowest BCUT2D eigenvalue weighted by Crippen LogP contribution is -2.19. The normalized spacial score (nSPS) is 10.7. The first-order chi connectivity index (χ1) is 9.16. The van der Waals surface area contributed by atoms with Crippen LogP contribution in [0.25, 0.3) is 16.9 Å². The average molecular weight is 254 g/mol. The Morgan fingerprint density at radius 1 is 1.16 bits per heavy atom. The summed E-state index contributed by atoms with van der Waals surface area (Å²) in [6, 6.07) is 11.3. The van der Waals surface area contributed by atoms with Crippen molar-refractivity contribution in [3.63, 3.8) is 0 Å². The van der Waals surface area contributed by atoms with Crippen LogP contribution in [0, 0.1) is 0 Å². The maximum absolute atomic E-state index is 11.1. The number of hydrogen-bond acceptors (Lipinski definition) is 5. The number of nitrogen functional groups attached to an aromatic ring is 1. The minimum absolute atomic E-state index is 0.0830. The monoisotopic (exact) mass is 254 g/mol. The van der Waals surface area contributed by atoms with Crippen molar-refractivity contribution in [3.05, 3.63) is 42.1 Å². The van der Waals surface area contributed by atoms with Crippen LogP contribution >= 0.6 is 0 Å². The molecule has 0 saturated carbocycles. The van der Waals surface area contributed by atoms with E-state index in [9.17, 15) is 4.79 Å². The standard InChI is InChI=1S/C12H10N6O/c13-11-10(12(14)19)16-15-9-6-8(17-18(9)11)7-4-2-1-3-5-7/h1-6H,13H2,(H2,14,19). The van der Waals surface area contributed by atoms with Gasteiger partial charge in [0, 0.05) is 11.6 Å². The molecule has 4 N–H and O–H groups in total. The summed E-state index contributed by atoms with van der Waals surface area (Å²) in [6.45, 7) is 0. The van der Waals surface area contributed by atoms with Crippen LogP contribution in [-0.2, 0) is 0 Å². The van der Waals surface area contributed by atoms with Gasteiger partial charge in [0.05, 0.1) is 5.69 Å². The van der Waals surface area contributed by atoms with Crippen LogP contribution in [0.2, 0.25) is 0 Å². The lowest BCUT2D eigenvalue weighted by molar-refractivity contribution is 0.0995. The second-order valence-corrected chi connectivity index (χ2v) is 3.96. The summed E-state index contributed by atoms with van der Waals surface area (Å²) in [4.78, 5) is 11.1. The van der Waals surface area contributed by atoms with Gasteiger partial charge in [0.25, 0.3) is 5.91 Å². The van der Waals surface area contributed by atoms with Gasteiger partial charge in [0.15, 0.2) is 17.2 Å². The number of carbonyl (C=O) groups excluding carboxylic acids is 1. The largest absolute Gasteiger partial charge is 0.382 e. The fraction of sp³-hybridized carbons (Fsp3) is 0. The van der Waals surface area contributed by atoms with Gasteiger partial charge in [-0.15, -0.1) is 10.2 Å². The van der Waals surface area contributed by atoms with Crippen molar-refractivity contribution in [1.29, 1.82) is 0 Å². The van der Waals surface area contributed by atoms with E-state index < -0.39 is 5.91 Å². The van der Waals surface area contributed by atoms with Crippen LogP contribution in [0.5, 0.6) is 0 Å². The van der Waals surface area contributed by atoms with E-state index in [2.05, 4.69) is 15.3 Å². The number of carbonyl (C=O) groups is 1. The molecule has 0 atom stereocenters. The van der Waals surface area contributed by atoms with E-state index in [-0.39, 0.29) is 11.5 Å². The van der Waals surface area contributed by atoms with Crippen LogP contribution in [0.3, 0.4) is 0 Å². The quantitative estimate of drug-likeness (QED) is 0.690. The van der Waals surface area contributed by atoms with Crippen LogP contribution in [0.4, 0.5) is 5.82 Å². The highest BCUT2D eigenvalue weighted by atomic mass is 16.1. The van der Waals surface area contributed by atoms with Gasteiger partial charge in [0.2, 0.25) is 0 Å². The molecule has 3 aromatic rings. The number of rotatable bonds is 2. The molecule has 2 heterocycles. The third-order valence-electron chi connectivity index (χ3n) is 2.72. The van der Waals surface area contributed by atoms with Crippen LogP contribution in [-0.4, -0.2) is 25.7 Å². The molecule has 3 rings (SSSR count). The lowest BCUT2D eigenvalue weighted by Gasteiger charge is -2.00. The molecule has 0 aliphatic heterocycles. The molecule has 0 saturated heterocycles. The Morgan fingerprint density at radius 3 is 2.58 bits per heavy atom. The maximum atomic E-state index is 11.1. The van der Waals surface area contributed by atoms with Crippen molar-refractivity contribution >= 4 is 17.4 Å². The lowest BCUT2D eigenvalue weighted by atomic mass is 10.2. The highest BCUT2D eigenvalue weighted by Crippen LogP contribution is 2.20. The molecule has 0 aliphatic carbocycles. The van der Waals surface area contributed by atoms with Crippen molar-refractivity contribution in [1.82, 2.24) is 19.8 Å². The van der Waals surface area contributed by atoms with Crippen LogP contribution in [0.1, 0.15) is 10.5 Å². The molecule has 0 radical (unpaired) electrons. The molecule has 7 heteroatoms. The van der Waals surface area contributed by atoms with Gasteiger partial charge in [-0.25, -0.2) is 0 Å². The summed E-state index contributed by atoms with van der Waals surface area (Å²) in [5, 5.41) is 11.9. The van der Waals surface area contributed by atoms with Crippen molar-refractivity contribution in [2.24, 2.45) is 5.73 Å². The number of anilines is 1. The molecule has 0 bridgehead atoms. The smallest absolute Gasteiger partial charge is 0.273 e. The fourth-order valence-electron chi connectivity index (χ4n) is 1.80. The van der Waals surface area contributed by atoms with Gasteiger partial charge < -0.3 is 11.5 Å². The van der Waals surface area contributed by atoms with Crippen LogP contribution < -0.4 is 11.5 Å². The van der Waals surface area contributed by atoms with Gasteiger partial charge in [-0.1, -0.05) is 30.3 Å². The molecule has 1 amide bonds. The molecule has 0 fully saturated rings. The third kappa shape index (κ3) is 1.77. The summed E-state index contributed by atoms with van der Waals surface area (Å²) in [7, 11) is 0. The Bertz CT molecular complexity index is 764. The number of nitrogens with zero attached hydrogens (tertiary/aromatic N) is 4. The second kappa shape index (κ2) is 4.05. The highest BCUT2D eigenvalue weighted by molar-refractivity contribution is 5.95. The van der Waals surface area contributed by atoms with E-state index in [4.69, 9.17) is 11.5 Å². The Morgan fingerprint density at radius 2 is 1.89 bits per heavy atom. The zero-order valence-electron chi connectivity index (χ0n) is 9.82. The molecule has 1 aromatic carbocycles. The molecule has 0 spiro atoms. The van der Waals surface area contributed by atoms with Gasteiger partial charge in [-0.2, -0.15) is 9.61 Å². The van der Waals surface area contributed by atoms with Crippen molar-refractivity contribution in [3.8, 4) is 11.3 Å². The Labute approximate surface area is 107 Å². The Kier molecular flexibility index (Phi) is 2.38. The van der Waals surface area contributed by atoms with E-state index in [1.807, 2.05) is 30.3 Å². The predicted molar refractivity (Wildman–Crippen MR) is 69.1 cm³/mol. The molecule has 0 unspecified atom stereocenters. The van der Waals surface area contributed by atoms with E-state index in [0.717, 1.165) is 5.56 Å². The predicted octanol–water partition coefficient (Wildman–Crippen LogP) is 0.472. The van der Waals surface area contributed by atoms with E-state index in [1.165, 1.54) is 4.52 Å². The summed E-state index contributed by atoms with van der Waals surface area (Å²) in [5.74, 6) is -0.650. The fourth-order valence-corrected chi connectivity index (χ4v) is 1.80. The minimum atomic E-state index is -0.733. The van der Waals surface area contributed by atoms with Gasteiger partial charge in [0.1, 0.15) is 0 Å². The molecular formula is C12H10N6O. The number of primary amides is 1. The summed E-state index contributed by atoms with van der Waals surface area (Å²) in [6.07, 6.45) is 0. The number of nitrogens with two attached hydrogens (primary N) is 2. The maximum Gasteiger partial charge on any atom is 0.273 e. The zero-order chi connectivity index (χ0) is 13.4. The molecular weight excluding hydrogens is 244 g/mol. The second-order valence-electron chi connectivity index (χ2n) is 3.96. The van der Waals surface area contributed by atoms with Crippen molar-refractivity contribution in [2.45, 2.75) is 0 Å².